The van der Waals surface area contributed by atoms with Crippen molar-refractivity contribution in [3.05, 3.63) is 35.4 Å². The number of amides is 1. The van der Waals surface area contributed by atoms with Gasteiger partial charge in [-0.25, -0.2) is 0 Å². The molecule has 3 N–H and O–H groups in total. The minimum atomic E-state index is -0.0494. The van der Waals surface area contributed by atoms with E-state index in [0.29, 0.717) is 31.1 Å². The summed E-state index contributed by atoms with van der Waals surface area (Å²) < 4.78 is 5.90. The molecule has 0 saturated carbocycles. The van der Waals surface area contributed by atoms with Crippen LogP contribution in [0.15, 0.2) is 29.3 Å². The summed E-state index contributed by atoms with van der Waals surface area (Å²) in [5, 5.41) is 9.64. The Morgan fingerprint density at radius 3 is 2.81 bits per heavy atom. The highest BCUT2D eigenvalue weighted by atomic mass is 16.5. The van der Waals surface area contributed by atoms with Gasteiger partial charge in [0.1, 0.15) is 0 Å². The van der Waals surface area contributed by atoms with E-state index < -0.39 is 0 Å². The van der Waals surface area contributed by atoms with Crippen molar-refractivity contribution in [2.75, 3.05) is 67.0 Å². The van der Waals surface area contributed by atoms with Gasteiger partial charge in [0.25, 0.3) is 5.91 Å². The van der Waals surface area contributed by atoms with Crippen molar-refractivity contribution in [3.8, 4) is 0 Å². The second-order valence-electron chi connectivity index (χ2n) is 8.71. The Morgan fingerprint density at radius 1 is 1.29 bits per heavy atom. The molecule has 8 nitrogen and oxygen atoms in total. The highest BCUT2D eigenvalue weighted by molar-refractivity contribution is 5.94. The van der Waals surface area contributed by atoms with Crippen LogP contribution in [0.4, 0.5) is 0 Å². The van der Waals surface area contributed by atoms with E-state index >= 15 is 0 Å². The zero-order valence-electron chi connectivity index (χ0n) is 19.8. The smallest absolute Gasteiger partial charge is 0.251 e. The third kappa shape index (κ3) is 9.67. The van der Waals surface area contributed by atoms with Gasteiger partial charge in [0.15, 0.2) is 5.96 Å². The number of benzene rings is 1. The number of hydrogen-bond acceptors (Lipinski definition) is 5. The van der Waals surface area contributed by atoms with E-state index in [2.05, 4.69) is 39.7 Å². The number of hydrogen-bond donors (Lipinski definition) is 3. The van der Waals surface area contributed by atoms with E-state index in [1.807, 2.05) is 43.3 Å². The van der Waals surface area contributed by atoms with Gasteiger partial charge < -0.3 is 25.6 Å². The lowest BCUT2D eigenvalue weighted by molar-refractivity contribution is -0.0284. The number of guanidine groups is 1. The largest absolute Gasteiger partial charge is 0.374 e. The molecule has 0 aromatic heterocycles. The fourth-order valence-corrected chi connectivity index (χ4v) is 3.52. The summed E-state index contributed by atoms with van der Waals surface area (Å²) in [6, 6.07) is 7.67. The van der Waals surface area contributed by atoms with Crippen LogP contribution in [0, 0.1) is 5.92 Å². The normalized spacial score (nSPS) is 17.8. The summed E-state index contributed by atoms with van der Waals surface area (Å²) in [5.41, 5.74) is 1.70. The Hall–Kier alpha value is -2.16. The molecular weight excluding hydrogens is 392 g/mol. The minimum absolute atomic E-state index is 0.0494. The predicted molar refractivity (Wildman–Crippen MR) is 127 cm³/mol. The molecule has 1 aliphatic rings. The number of carbonyl (C=O) groups is 1. The fourth-order valence-electron chi connectivity index (χ4n) is 3.52. The lowest BCUT2D eigenvalue weighted by Crippen LogP contribution is -2.50. The average Bonchev–Trinajstić information content (AvgIpc) is 2.73. The molecule has 0 bridgehead atoms. The van der Waals surface area contributed by atoms with Gasteiger partial charge in [0, 0.05) is 58.4 Å². The molecule has 2 rings (SSSR count). The summed E-state index contributed by atoms with van der Waals surface area (Å²) >= 11 is 0. The molecule has 1 unspecified atom stereocenters. The summed E-state index contributed by atoms with van der Waals surface area (Å²) in [4.78, 5) is 21.2. The molecule has 1 saturated heterocycles. The van der Waals surface area contributed by atoms with E-state index in [-0.39, 0.29) is 12.0 Å². The lowest BCUT2D eigenvalue weighted by Gasteiger charge is -2.34. The maximum Gasteiger partial charge on any atom is 0.251 e. The molecule has 1 aromatic rings. The Bertz CT molecular complexity index is 707. The van der Waals surface area contributed by atoms with Crippen LogP contribution < -0.4 is 16.0 Å². The third-order valence-corrected chi connectivity index (χ3v) is 5.06. The maximum absolute atomic E-state index is 12.3. The van der Waals surface area contributed by atoms with Gasteiger partial charge >= 0.3 is 0 Å². The van der Waals surface area contributed by atoms with Gasteiger partial charge in [-0.15, -0.1) is 0 Å². The van der Waals surface area contributed by atoms with E-state index in [1.54, 1.807) is 7.05 Å². The summed E-state index contributed by atoms with van der Waals surface area (Å²) in [6.45, 7) is 11.0. The van der Waals surface area contributed by atoms with Crippen molar-refractivity contribution < 1.29 is 9.53 Å². The van der Waals surface area contributed by atoms with Crippen molar-refractivity contribution >= 4 is 11.9 Å². The molecule has 1 aromatic carbocycles. The van der Waals surface area contributed by atoms with Crippen LogP contribution in [-0.2, 0) is 11.3 Å². The summed E-state index contributed by atoms with van der Waals surface area (Å²) in [6.07, 6.45) is 0.153. The summed E-state index contributed by atoms with van der Waals surface area (Å²) in [5.74, 6) is 1.34. The van der Waals surface area contributed by atoms with Crippen molar-refractivity contribution in [3.63, 3.8) is 0 Å². The fraction of sp³-hybridized carbons (Fsp3) is 0.652. The molecule has 8 heteroatoms. The average molecular weight is 433 g/mol. The number of rotatable bonds is 10. The van der Waals surface area contributed by atoms with Crippen LogP contribution in [0.5, 0.6) is 0 Å². The lowest BCUT2D eigenvalue weighted by atomic mass is 10.1. The number of nitrogens with one attached hydrogen (secondary N) is 3. The number of aliphatic imine (C=N–C) groups is 1. The minimum Gasteiger partial charge on any atom is -0.374 e. The predicted octanol–water partition coefficient (Wildman–Crippen LogP) is 1.000. The number of morpholine rings is 1. The van der Waals surface area contributed by atoms with Crippen LogP contribution in [0.25, 0.3) is 0 Å². The van der Waals surface area contributed by atoms with Crippen molar-refractivity contribution in [2.45, 2.75) is 26.5 Å². The van der Waals surface area contributed by atoms with Gasteiger partial charge in [-0.3, -0.25) is 14.7 Å². The Labute approximate surface area is 187 Å². The van der Waals surface area contributed by atoms with Gasteiger partial charge in [-0.1, -0.05) is 26.0 Å². The van der Waals surface area contributed by atoms with E-state index in [1.165, 1.54) is 0 Å². The number of carbonyl (C=O) groups excluding carboxylic acids is 1. The summed E-state index contributed by atoms with van der Waals surface area (Å²) in [7, 11) is 5.74. The van der Waals surface area contributed by atoms with Crippen molar-refractivity contribution in [1.82, 2.24) is 25.8 Å². The monoisotopic (exact) mass is 432 g/mol. The van der Waals surface area contributed by atoms with E-state index in [4.69, 9.17) is 4.74 Å². The number of likely N-dealkylation sites (N-methyl/N-ethyl adjacent to an activating group) is 1. The standard InChI is InChI=1S/C23H40N6O2/c1-18(2)16-29-11-12-31-21(17-29)15-27-23(24-3)26-14-19-7-6-8-20(13-19)22(30)25-9-10-28(4)5/h6-8,13,18,21H,9-12,14-17H2,1-5H3,(H,25,30)(H2,24,26,27). The topological polar surface area (TPSA) is 81.2 Å². The Morgan fingerprint density at radius 2 is 2.10 bits per heavy atom. The first-order valence-electron chi connectivity index (χ1n) is 11.2. The second kappa shape index (κ2) is 13.3. The second-order valence-corrected chi connectivity index (χ2v) is 8.71. The highest BCUT2D eigenvalue weighted by Crippen LogP contribution is 2.08. The molecule has 1 fully saturated rings. The molecule has 0 spiro atoms. The van der Waals surface area contributed by atoms with Gasteiger partial charge in [-0.05, 0) is 37.7 Å². The van der Waals surface area contributed by atoms with Gasteiger partial charge in [-0.2, -0.15) is 0 Å². The molecule has 0 radical (unpaired) electrons. The molecule has 1 atom stereocenters. The Balaban J connectivity index is 1.78. The first-order valence-corrected chi connectivity index (χ1v) is 11.2. The molecular formula is C23H40N6O2. The highest BCUT2D eigenvalue weighted by Gasteiger charge is 2.21. The quantitative estimate of drug-likeness (QED) is 0.378. The van der Waals surface area contributed by atoms with Crippen LogP contribution in [0.2, 0.25) is 0 Å². The van der Waals surface area contributed by atoms with Crippen LogP contribution >= 0.6 is 0 Å². The zero-order chi connectivity index (χ0) is 22.6. The van der Waals surface area contributed by atoms with Crippen molar-refractivity contribution in [1.29, 1.82) is 0 Å². The third-order valence-electron chi connectivity index (χ3n) is 5.06. The van der Waals surface area contributed by atoms with Gasteiger partial charge in [0.2, 0.25) is 0 Å². The maximum atomic E-state index is 12.3. The number of nitrogens with zero attached hydrogens (tertiary/aromatic N) is 3. The molecule has 1 heterocycles. The first kappa shape index (κ1) is 25.1. The van der Waals surface area contributed by atoms with Crippen LogP contribution in [-0.4, -0.2) is 94.8 Å². The van der Waals surface area contributed by atoms with Crippen LogP contribution in [0.3, 0.4) is 0 Å². The molecule has 31 heavy (non-hydrogen) atoms. The Kier molecular flexibility index (Phi) is 10.8. The molecule has 1 aliphatic heterocycles. The van der Waals surface area contributed by atoms with Crippen molar-refractivity contribution in [2.24, 2.45) is 10.9 Å². The molecule has 174 valence electrons. The number of ether oxygens (including phenoxy) is 1. The van der Waals surface area contributed by atoms with Crippen LogP contribution in [0.1, 0.15) is 29.8 Å². The van der Waals surface area contributed by atoms with Gasteiger partial charge in [0.05, 0.1) is 12.7 Å². The van der Waals surface area contributed by atoms with E-state index in [9.17, 15) is 4.79 Å². The molecule has 0 aliphatic carbocycles. The molecule has 1 amide bonds. The zero-order valence-corrected chi connectivity index (χ0v) is 19.8. The van der Waals surface area contributed by atoms with E-state index in [0.717, 1.165) is 44.3 Å². The SMILES string of the molecule is CN=C(NCc1cccc(C(=O)NCCN(C)C)c1)NCC1CN(CC(C)C)CCO1. The first-order chi connectivity index (χ1) is 14.9.